The average Bonchev–Trinajstić information content (AvgIpc) is 2.33. The number of amides is 1. The van der Waals surface area contributed by atoms with E-state index in [2.05, 4.69) is 5.32 Å². The third-order valence-electron chi connectivity index (χ3n) is 2.60. The van der Waals surface area contributed by atoms with Crippen molar-refractivity contribution in [2.75, 3.05) is 6.54 Å². The van der Waals surface area contributed by atoms with E-state index < -0.39 is 29.0 Å². The van der Waals surface area contributed by atoms with Crippen molar-refractivity contribution in [2.45, 2.75) is 32.4 Å². The van der Waals surface area contributed by atoms with Crippen LogP contribution in [0, 0.1) is 5.82 Å². The fourth-order valence-corrected chi connectivity index (χ4v) is 1.55. The lowest BCUT2D eigenvalue weighted by Gasteiger charge is -2.10. The predicted molar refractivity (Wildman–Crippen MR) is 63.3 cm³/mol. The van der Waals surface area contributed by atoms with Gasteiger partial charge in [0.15, 0.2) is 0 Å². The molecular formula is C13H15F4NO. The molecule has 0 atom stereocenters. The molecule has 0 saturated carbocycles. The summed E-state index contributed by atoms with van der Waals surface area (Å²) in [6.45, 7) is 2.30. The van der Waals surface area contributed by atoms with E-state index in [1.807, 2.05) is 6.92 Å². The smallest absolute Gasteiger partial charge is 0.352 e. The van der Waals surface area contributed by atoms with Gasteiger partial charge in [0.25, 0.3) is 5.91 Å². The summed E-state index contributed by atoms with van der Waals surface area (Å²) in [5, 5.41) is 2.41. The second-order valence-electron chi connectivity index (χ2n) is 4.16. The highest BCUT2D eigenvalue weighted by molar-refractivity contribution is 5.94. The van der Waals surface area contributed by atoms with Crippen LogP contribution in [0.4, 0.5) is 17.6 Å². The van der Waals surface area contributed by atoms with Crippen molar-refractivity contribution in [2.24, 2.45) is 0 Å². The molecule has 0 saturated heterocycles. The van der Waals surface area contributed by atoms with Gasteiger partial charge in [-0.2, -0.15) is 13.2 Å². The van der Waals surface area contributed by atoms with Crippen molar-refractivity contribution in [3.63, 3.8) is 0 Å². The second-order valence-corrected chi connectivity index (χ2v) is 4.16. The second kappa shape index (κ2) is 6.54. The minimum atomic E-state index is -4.59. The van der Waals surface area contributed by atoms with Crippen LogP contribution >= 0.6 is 0 Å². The highest BCUT2D eigenvalue weighted by Gasteiger charge is 2.31. The van der Waals surface area contributed by atoms with Gasteiger partial charge >= 0.3 is 6.18 Å². The zero-order valence-electron chi connectivity index (χ0n) is 10.5. The molecule has 0 aliphatic rings. The number of benzene rings is 1. The van der Waals surface area contributed by atoms with Crippen molar-refractivity contribution >= 4 is 5.91 Å². The normalized spacial score (nSPS) is 11.4. The van der Waals surface area contributed by atoms with Crippen LogP contribution in [0.15, 0.2) is 18.2 Å². The molecule has 1 rings (SSSR count). The Hall–Kier alpha value is -1.59. The first-order valence-corrected chi connectivity index (χ1v) is 6.01. The van der Waals surface area contributed by atoms with E-state index in [0.29, 0.717) is 31.2 Å². The van der Waals surface area contributed by atoms with Crippen molar-refractivity contribution in [3.05, 3.63) is 35.1 Å². The van der Waals surface area contributed by atoms with Crippen LogP contribution < -0.4 is 5.32 Å². The number of nitrogens with one attached hydrogen (secondary N) is 1. The highest BCUT2D eigenvalue weighted by atomic mass is 19.4. The van der Waals surface area contributed by atoms with Crippen LogP contribution in [0.2, 0.25) is 0 Å². The molecule has 106 valence electrons. The number of alkyl halides is 3. The molecule has 2 nitrogen and oxygen atoms in total. The lowest BCUT2D eigenvalue weighted by atomic mass is 10.1. The van der Waals surface area contributed by atoms with Crippen LogP contribution in [0.25, 0.3) is 0 Å². The van der Waals surface area contributed by atoms with E-state index in [1.165, 1.54) is 0 Å². The zero-order chi connectivity index (χ0) is 14.5. The van der Waals surface area contributed by atoms with Gasteiger partial charge in [0, 0.05) is 6.54 Å². The maximum atomic E-state index is 13.4. The standard InChI is InChI=1S/C13H15F4NO/c1-2-3-4-7-18-12(19)10-8-9(13(15,16)17)5-6-11(10)14/h5-6,8H,2-4,7H2,1H3,(H,18,19). The van der Waals surface area contributed by atoms with Gasteiger partial charge in [-0.05, 0) is 24.6 Å². The number of rotatable bonds is 5. The van der Waals surface area contributed by atoms with E-state index in [9.17, 15) is 22.4 Å². The lowest BCUT2D eigenvalue weighted by Crippen LogP contribution is -2.26. The Balaban J connectivity index is 2.78. The largest absolute Gasteiger partial charge is 0.416 e. The Kier molecular flexibility index (Phi) is 5.32. The van der Waals surface area contributed by atoms with Gasteiger partial charge in [-0.1, -0.05) is 19.8 Å². The third-order valence-corrected chi connectivity index (χ3v) is 2.60. The topological polar surface area (TPSA) is 29.1 Å². The number of carbonyl (C=O) groups excluding carboxylic acids is 1. The molecule has 0 spiro atoms. The number of hydrogen-bond acceptors (Lipinski definition) is 1. The van der Waals surface area contributed by atoms with E-state index >= 15 is 0 Å². The van der Waals surface area contributed by atoms with Gasteiger partial charge in [0.1, 0.15) is 5.82 Å². The summed E-state index contributed by atoms with van der Waals surface area (Å²) >= 11 is 0. The molecule has 0 unspecified atom stereocenters. The Morgan fingerprint density at radius 3 is 2.53 bits per heavy atom. The first-order valence-electron chi connectivity index (χ1n) is 6.01. The fourth-order valence-electron chi connectivity index (χ4n) is 1.55. The zero-order valence-corrected chi connectivity index (χ0v) is 10.5. The van der Waals surface area contributed by atoms with Crippen LogP contribution in [0.1, 0.15) is 42.1 Å². The lowest BCUT2D eigenvalue weighted by molar-refractivity contribution is -0.137. The predicted octanol–water partition coefficient (Wildman–Crippen LogP) is 3.76. The SMILES string of the molecule is CCCCCNC(=O)c1cc(C(F)(F)F)ccc1F. The summed E-state index contributed by atoms with van der Waals surface area (Å²) in [5.74, 6) is -1.78. The van der Waals surface area contributed by atoms with Gasteiger partial charge in [0.05, 0.1) is 11.1 Å². The molecule has 19 heavy (non-hydrogen) atoms. The number of halogens is 4. The van der Waals surface area contributed by atoms with Crippen LogP contribution in [-0.2, 0) is 6.18 Å². The minimum Gasteiger partial charge on any atom is -0.352 e. The average molecular weight is 277 g/mol. The first-order chi connectivity index (χ1) is 8.86. The van der Waals surface area contributed by atoms with Crippen molar-refractivity contribution < 1.29 is 22.4 Å². The van der Waals surface area contributed by atoms with E-state index in [0.717, 1.165) is 12.8 Å². The first kappa shape index (κ1) is 15.5. The van der Waals surface area contributed by atoms with Crippen LogP contribution in [-0.4, -0.2) is 12.5 Å². The van der Waals surface area contributed by atoms with Crippen LogP contribution in [0.3, 0.4) is 0 Å². The third kappa shape index (κ3) is 4.54. The fraction of sp³-hybridized carbons (Fsp3) is 0.462. The molecule has 0 bridgehead atoms. The molecule has 0 radical (unpaired) electrons. The summed E-state index contributed by atoms with van der Waals surface area (Å²) in [5.41, 5.74) is -1.61. The summed E-state index contributed by atoms with van der Waals surface area (Å²) < 4.78 is 50.7. The van der Waals surface area contributed by atoms with Crippen LogP contribution in [0.5, 0.6) is 0 Å². The molecule has 1 amide bonds. The summed E-state index contributed by atoms with van der Waals surface area (Å²) in [6.07, 6.45) is -2.03. The van der Waals surface area contributed by atoms with Crippen molar-refractivity contribution in [1.82, 2.24) is 5.32 Å². The molecule has 0 aliphatic carbocycles. The van der Waals surface area contributed by atoms with Gasteiger partial charge in [-0.15, -0.1) is 0 Å². The summed E-state index contributed by atoms with van der Waals surface area (Å²) in [7, 11) is 0. The van der Waals surface area contributed by atoms with Gasteiger partial charge in [0.2, 0.25) is 0 Å². The molecular weight excluding hydrogens is 262 g/mol. The molecule has 0 aliphatic heterocycles. The van der Waals surface area contributed by atoms with E-state index in [-0.39, 0.29) is 0 Å². The Labute approximate surface area is 108 Å². The number of unbranched alkanes of at least 4 members (excludes halogenated alkanes) is 2. The maximum absolute atomic E-state index is 13.4. The van der Waals surface area contributed by atoms with Gasteiger partial charge in [-0.25, -0.2) is 4.39 Å². The van der Waals surface area contributed by atoms with Crippen molar-refractivity contribution in [1.29, 1.82) is 0 Å². The molecule has 0 aromatic heterocycles. The summed E-state index contributed by atoms with van der Waals surface area (Å²) in [4.78, 5) is 11.6. The molecule has 0 heterocycles. The maximum Gasteiger partial charge on any atom is 0.416 e. The van der Waals surface area contributed by atoms with Gasteiger partial charge in [-0.3, -0.25) is 4.79 Å². The monoisotopic (exact) mass is 277 g/mol. The Morgan fingerprint density at radius 1 is 1.26 bits per heavy atom. The molecule has 0 fully saturated rings. The van der Waals surface area contributed by atoms with E-state index in [1.54, 1.807) is 0 Å². The number of carbonyl (C=O) groups is 1. The molecule has 1 aromatic carbocycles. The minimum absolute atomic E-state index is 0.322. The van der Waals surface area contributed by atoms with E-state index in [4.69, 9.17) is 0 Å². The summed E-state index contributed by atoms with van der Waals surface area (Å²) in [6, 6.07) is 1.80. The Morgan fingerprint density at radius 2 is 1.95 bits per heavy atom. The van der Waals surface area contributed by atoms with Gasteiger partial charge < -0.3 is 5.32 Å². The Bertz CT molecular complexity index is 443. The number of hydrogen-bond donors (Lipinski definition) is 1. The molecule has 1 N–H and O–H groups in total. The quantitative estimate of drug-likeness (QED) is 0.644. The molecule has 6 heteroatoms. The van der Waals surface area contributed by atoms with Crippen molar-refractivity contribution in [3.8, 4) is 0 Å². The highest BCUT2D eigenvalue weighted by Crippen LogP contribution is 2.30. The molecule has 1 aromatic rings.